The molecule has 1 unspecified atom stereocenters. The van der Waals surface area contributed by atoms with Crippen molar-refractivity contribution in [3.63, 3.8) is 0 Å². The van der Waals surface area contributed by atoms with Crippen molar-refractivity contribution in [1.82, 2.24) is 10.3 Å². The van der Waals surface area contributed by atoms with Gasteiger partial charge in [0, 0.05) is 24.7 Å². The number of pyridine rings is 1. The second-order valence-electron chi connectivity index (χ2n) is 3.77. The monoisotopic (exact) mass is 221 g/mol. The Morgan fingerprint density at radius 1 is 1.69 bits per heavy atom. The average Bonchev–Trinajstić information content (AvgIpc) is 2.33. The van der Waals surface area contributed by atoms with Gasteiger partial charge in [0.1, 0.15) is 5.82 Å². The first-order valence-electron chi connectivity index (χ1n) is 5.30. The van der Waals surface area contributed by atoms with Gasteiger partial charge in [-0.1, -0.05) is 6.07 Å². The number of ketones is 1. The van der Waals surface area contributed by atoms with Crippen molar-refractivity contribution in [2.45, 2.75) is 12.5 Å². The van der Waals surface area contributed by atoms with E-state index in [1.807, 2.05) is 6.07 Å². The van der Waals surface area contributed by atoms with E-state index in [-0.39, 0.29) is 11.8 Å². The summed E-state index contributed by atoms with van der Waals surface area (Å²) in [5.74, 6) is 0.520. The second kappa shape index (κ2) is 5.05. The van der Waals surface area contributed by atoms with Crippen LogP contribution >= 0.6 is 0 Å². The standard InChI is InChI=1S/C11H15N3O2/c12-11-8(2-1-3-14-11)6-10(15)9-7-16-5-4-13-9/h1-3,9,13H,4-7H2,(H2,12,14). The van der Waals surface area contributed by atoms with Crippen molar-refractivity contribution in [3.8, 4) is 0 Å². The molecule has 1 atom stereocenters. The minimum absolute atomic E-state index is 0.0967. The zero-order chi connectivity index (χ0) is 11.4. The van der Waals surface area contributed by atoms with Crippen LogP contribution in [0.2, 0.25) is 0 Å². The molecule has 0 bridgehead atoms. The van der Waals surface area contributed by atoms with E-state index in [9.17, 15) is 4.79 Å². The molecule has 0 radical (unpaired) electrons. The number of carbonyl (C=O) groups excluding carboxylic acids is 1. The molecule has 0 amide bonds. The van der Waals surface area contributed by atoms with Crippen molar-refractivity contribution in [2.75, 3.05) is 25.5 Å². The van der Waals surface area contributed by atoms with Crippen LogP contribution < -0.4 is 11.1 Å². The molecule has 0 saturated carbocycles. The third-order valence-corrected chi connectivity index (χ3v) is 2.60. The molecule has 1 aliphatic rings. The molecule has 86 valence electrons. The fourth-order valence-electron chi connectivity index (χ4n) is 1.68. The van der Waals surface area contributed by atoms with Crippen LogP contribution in [-0.2, 0) is 16.0 Å². The topological polar surface area (TPSA) is 77.2 Å². The summed E-state index contributed by atoms with van der Waals surface area (Å²) in [4.78, 5) is 15.8. The molecule has 16 heavy (non-hydrogen) atoms. The summed E-state index contributed by atoms with van der Waals surface area (Å²) in [6.07, 6.45) is 1.92. The van der Waals surface area contributed by atoms with Crippen molar-refractivity contribution in [1.29, 1.82) is 0 Å². The maximum Gasteiger partial charge on any atom is 0.156 e. The number of nitrogens with zero attached hydrogens (tertiary/aromatic N) is 1. The summed E-state index contributed by atoms with van der Waals surface area (Å²) < 4.78 is 5.24. The van der Waals surface area contributed by atoms with Crippen LogP contribution in [0.4, 0.5) is 5.82 Å². The van der Waals surface area contributed by atoms with E-state index < -0.39 is 0 Å². The van der Waals surface area contributed by atoms with E-state index in [0.29, 0.717) is 25.5 Å². The number of nitrogens with one attached hydrogen (secondary N) is 1. The number of aromatic nitrogens is 1. The summed E-state index contributed by atoms with van der Waals surface area (Å²) >= 11 is 0. The van der Waals surface area contributed by atoms with Gasteiger partial charge >= 0.3 is 0 Å². The van der Waals surface area contributed by atoms with E-state index in [0.717, 1.165) is 12.1 Å². The Kier molecular flexibility index (Phi) is 3.48. The SMILES string of the molecule is Nc1ncccc1CC(=O)C1COCCN1. The highest BCUT2D eigenvalue weighted by Gasteiger charge is 2.21. The van der Waals surface area contributed by atoms with Crippen LogP contribution in [0.5, 0.6) is 0 Å². The molecule has 5 heteroatoms. The number of nitrogen functional groups attached to an aromatic ring is 1. The van der Waals surface area contributed by atoms with Crippen molar-refractivity contribution in [3.05, 3.63) is 23.9 Å². The normalized spacial score (nSPS) is 20.6. The Labute approximate surface area is 94.0 Å². The summed E-state index contributed by atoms with van der Waals surface area (Å²) in [6, 6.07) is 3.39. The Bertz CT molecular complexity index is 375. The first-order valence-corrected chi connectivity index (χ1v) is 5.30. The lowest BCUT2D eigenvalue weighted by Gasteiger charge is -2.22. The molecule has 5 nitrogen and oxygen atoms in total. The quantitative estimate of drug-likeness (QED) is 0.737. The van der Waals surface area contributed by atoms with Crippen molar-refractivity contribution in [2.24, 2.45) is 0 Å². The van der Waals surface area contributed by atoms with Crippen LogP contribution in [-0.4, -0.2) is 36.6 Å². The number of morpholine rings is 1. The van der Waals surface area contributed by atoms with Gasteiger partial charge in [0.2, 0.25) is 0 Å². The molecule has 1 fully saturated rings. The second-order valence-corrected chi connectivity index (χ2v) is 3.77. The third kappa shape index (κ3) is 2.56. The zero-order valence-electron chi connectivity index (χ0n) is 8.98. The number of Topliss-reactive ketones (excluding diaryl/α,β-unsaturated/α-hetero) is 1. The van der Waals surface area contributed by atoms with Gasteiger partial charge in [-0.2, -0.15) is 0 Å². The fourth-order valence-corrected chi connectivity index (χ4v) is 1.68. The van der Waals surface area contributed by atoms with Gasteiger partial charge in [-0.25, -0.2) is 4.98 Å². The molecule has 2 heterocycles. The molecule has 1 aromatic rings. The van der Waals surface area contributed by atoms with E-state index in [2.05, 4.69) is 10.3 Å². The summed E-state index contributed by atoms with van der Waals surface area (Å²) in [6.45, 7) is 1.83. The highest BCUT2D eigenvalue weighted by atomic mass is 16.5. The van der Waals surface area contributed by atoms with Crippen LogP contribution in [0.25, 0.3) is 0 Å². The number of carbonyl (C=O) groups is 1. The summed E-state index contributed by atoms with van der Waals surface area (Å²) in [5, 5.41) is 3.12. The van der Waals surface area contributed by atoms with Gasteiger partial charge < -0.3 is 15.8 Å². The zero-order valence-corrected chi connectivity index (χ0v) is 8.98. The predicted octanol–water partition coefficient (Wildman–Crippen LogP) is -0.236. The van der Waals surface area contributed by atoms with Crippen LogP contribution in [0.15, 0.2) is 18.3 Å². The highest BCUT2D eigenvalue weighted by molar-refractivity contribution is 5.87. The summed E-state index contributed by atoms with van der Waals surface area (Å²) in [5.41, 5.74) is 6.46. The molecule has 1 saturated heterocycles. The van der Waals surface area contributed by atoms with E-state index in [1.165, 1.54) is 0 Å². The Hall–Kier alpha value is -1.46. The minimum Gasteiger partial charge on any atom is -0.383 e. The summed E-state index contributed by atoms with van der Waals surface area (Å²) in [7, 11) is 0. The Morgan fingerprint density at radius 3 is 3.25 bits per heavy atom. The Balaban J connectivity index is 1.99. The van der Waals surface area contributed by atoms with Gasteiger partial charge in [-0.05, 0) is 6.07 Å². The smallest absolute Gasteiger partial charge is 0.156 e. The molecule has 0 aliphatic carbocycles. The molecule has 0 spiro atoms. The number of hydrogen-bond donors (Lipinski definition) is 2. The first kappa shape index (κ1) is 11.0. The number of rotatable bonds is 3. The van der Waals surface area contributed by atoms with E-state index in [1.54, 1.807) is 12.3 Å². The number of nitrogens with two attached hydrogens (primary N) is 1. The highest BCUT2D eigenvalue weighted by Crippen LogP contribution is 2.09. The van der Waals surface area contributed by atoms with Crippen LogP contribution in [0.1, 0.15) is 5.56 Å². The lowest BCUT2D eigenvalue weighted by molar-refractivity contribution is -0.123. The van der Waals surface area contributed by atoms with Crippen molar-refractivity contribution >= 4 is 11.6 Å². The molecule has 2 rings (SSSR count). The lowest BCUT2D eigenvalue weighted by Crippen LogP contribution is -2.47. The maximum atomic E-state index is 11.9. The Morgan fingerprint density at radius 2 is 2.56 bits per heavy atom. The minimum atomic E-state index is -0.214. The van der Waals surface area contributed by atoms with Gasteiger partial charge in [-0.3, -0.25) is 4.79 Å². The number of hydrogen-bond acceptors (Lipinski definition) is 5. The van der Waals surface area contributed by atoms with Gasteiger partial charge in [0.15, 0.2) is 5.78 Å². The van der Waals surface area contributed by atoms with Gasteiger partial charge in [-0.15, -0.1) is 0 Å². The van der Waals surface area contributed by atoms with Crippen LogP contribution in [0, 0.1) is 0 Å². The van der Waals surface area contributed by atoms with Crippen LogP contribution in [0.3, 0.4) is 0 Å². The fraction of sp³-hybridized carbons (Fsp3) is 0.455. The van der Waals surface area contributed by atoms with E-state index >= 15 is 0 Å². The molecular weight excluding hydrogens is 206 g/mol. The molecule has 0 aromatic carbocycles. The first-order chi connectivity index (χ1) is 7.77. The van der Waals surface area contributed by atoms with Gasteiger partial charge in [0.05, 0.1) is 19.3 Å². The third-order valence-electron chi connectivity index (χ3n) is 2.60. The molecule has 3 N–H and O–H groups in total. The van der Waals surface area contributed by atoms with Gasteiger partial charge in [0.25, 0.3) is 0 Å². The average molecular weight is 221 g/mol. The lowest BCUT2D eigenvalue weighted by atomic mass is 10.0. The van der Waals surface area contributed by atoms with E-state index in [4.69, 9.17) is 10.5 Å². The molecule has 1 aliphatic heterocycles. The number of anilines is 1. The molecular formula is C11H15N3O2. The van der Waals surface area contributed by atoms with Crippen molar-refractivity contribution < 1.29 is 9.53 Å². The maximum absolute atomic E-state index is 11.9. The number of ether oxygens (including phenoxy) is 1. The predicted molar refractivity (Wildman–Crippen MR) is 60.0 cm³/mol. The largest absolute Gasteiger partial charge is 0.383 e. The molecule has 1 aromatic heterocycles.